The second kappa shape index (κ2) is 9.79. The van der Waals surface area contributed by atoms with Crippen molar-refractivity contribution < 1.29 is 27.4 Å². The second-order valence-corrected chi connectivity index (χ2v) is 8.97. The lowest BCUT2D eigenvalue weighted by atomic mass is 10.1. The number of rotatable bonds is 5. The van der Waals surface area contributed by atoms with Gasteiger partial charge in [-0.05, 0) is 55.0 Å². The third kappa shape index (κ3) is 4.90. The molecule has 0 saturated carbocycles. The molecule has 2 aromatic carbocycles. The van der Waals surface area contributed by atoms with Crippen LogP contribution in [-0.4, -0.2) is 31.5 Å². The fourth-order valence-corrected chi connectivity index (χ4v) is 4.61. The van der Waals surface area contributed by atoms with E-state index in [1.54, 1.807) is 49.4 Å². The SMILES string of the molecule is COc1ccc(S(=O)(=O)Nc2ccccc2C#Cc2cnc(C(=O)OF)cc2C)c2ncccc12. The van der Waals surface area contributed by atoms with E-state index in [2.05, 4.69) is 31.5 Å². The first kappa shape index (κ1) is 23.7. The Morgan fingerprint density at radius 3 is 2.54 bits per heavy atom. The van der Waals surface area contributed by atoms with E-state index in [1.807, 2.05) is 0 Å². The molecule has 0 bridgehead atoms. The standard InChI is InChI=1S/C25H18FN3O5S/c1-16-14-21(25(30)34-26)28-15-18(16)10-9-17-6-3-4-8-20(17)29-35(31,32)23-12-11-22(33-2)19-7-5-13-27-24(19)23/h3-8,11-15,29H,1-2H3. The highest BCUT2D eigenvalue weighted by Crippen LogP contribution is 2.30. The Morgan fingerprint density at radius 2 is 1.80 bits per heavy atom. The number of anilines is 1. The Bertz CT molecular complexity index is 1610. The zero-order valence-corrected chi connectivity index (χ0v) is 19.4. The van der Waals surface area contributed by atoms with Crippen molar-refractivity contribution in [3.05, 3.63) is 89.4 Å². The summed E-state index contributed by atoms with van der Waals surface area (Å²) < 4.78 is 46.6. The topological polar surface area (TPSA) is 107 Å². The van der Waals surface area contributed by atoms with Crippen molar-refractivity contribution in [2.75, 3.05) is 11.8 Å². The van der Waals surface area contributed by atoms with Crippen LogP contribution in [0, 0.1) is 18.8 Å². The van der Waals surface area contributed by atoms with Crippen molar-refractivity contribution in [1.29, 1.82) is 0 Å². The third-order valence-electron chi connectivity index (χ3n) is 5.10. The first-order chi connectivity index (χ1) is 16.8. The molecule has 1 N–H and O–H groups in total. The van der Waals surface area contributed by atoms with Gasteiger partial charge in [-0.15, -0.1) is 0 Å². The molecule has 35 heavy (non-hydrogen) atoms. The first-order valence-corrected chi connectivity index (χ1v) is 11.7. The van der Waals surface area contributed by atoms with Gasteiger partial charge in [-0.25, -0.2) is 23.1 Å². The lowest BCUT2D eigenvalue weighted by molar-refractivity contribution is -0.0793. The van der Waals surface area contributed by atoms with E-state index >= 15 is 0 Å². The number of nitrogens with one attached hydrogen (secondary N) is 1. The number of pyridine rings is 2. The van der Waals surface area contributed by atoms with Crippen molar-refractivity contribution in [3.63, 3.8) is 0 Å². The van der Waals surface area contributed by atoms with Crippen molar-refractivity contribution in [3.8, 4) is 17.6 Å². The number of nitrogens with zero attached hydrogens (tertiary/aromatic N) is 2. The number of carbonyl (C=O) groups is 1. The molecule has 0 saturated heterocycles. The number of sulfonamides is 1. The van der Waals surface area contributed by atoms with Crippen molar-refractivity contribution in [2.45, 2.75) is 11.8 Å². The number of halogens is 1. The highest BCUT2D eigenvalue weighted by Gasteiger charge is 2.21. The van der Waals surface area contributed by atoms with E-state index in [0.717, 1.165) is 0 Å². The van der Waals surface area contributed by atoms with E-state index in [-0.39, 0.29) is 21.8 Å². The third-order valence-corrected chi connectivity index (χ3v) is 6.49. The van der Waals surface area contributed by atoms with Crippen LogP contribution in [-0.2, 0) is 15.0 Å². The average molecular weight is 492 g/mol. The van der Waals surface area contributed by atoms with Gasteiger partial charge < -0.3 is 4.74 Å². The fraction of sp³-hybridized carbons (Fsp3) is 0.0800. The van der Waals surface area contributed by atoms with Crippen LogP contribution in [0.25, 0.3) is 10.9 Å². The molecule has 2 aromatic heterocycles. The number of fused-ring (bicyclic) bond motifs is 1. The molecule has 2 heterocycles. The highest BCUT2D eigenvalue weighted by molar-refractivity contribution is 7.93. The number of methoxy groups -OCH3 is 1. The Labute approximate surface area is 200 Å². The largest absolute Gasteiger partial charge is 0.496 e. The van der Waals surface area contributed by atoms with Crippen LogP contribution in [0.5, 0.6) is 5.75 Å². The molecule has 0 fully saturated rings. The second-order valence-electron chi connectivity index (χ2n) is 7.32. The predicted octanol–water partition coefficient (Wildman–Crippen LogP) is 4.19. The van der Waals surface area contributed by atoms with Crippen molar-refractivity contribution >= 4 is 32.6 Å². The van der Waals surface area contributed by atoms with E-state index in [0.29, 0.717) is 27.8 Å². The van der Waals surface area contributed by atoms with Gasteiger partial charge >= 0.3 is 5.97 Å². The van der Waals surface area contributed by atoms with Crippen LogP contribution in [0.1, 0.15) is 27.2 Å². The van der Waals surface area contributed by atoms with Gasteiger partial charge in [-0.2, -0.15) is 0 Å². The van der Waals surface area contributed by atoms with Gasteiger partial charge in [0.2, 0.25) is 0 Å². The summed E-state index contributed by atoms with van der Waals surface area (Å²) in [5.74, 6) is 5.13. The maximum absolute atomic E-state index is 13.3. The van der Waals surface area contributed by atoms with Gasteiger partial charge in [0.15, 0.2) is 5.69 Å². The number of ether oxygens (including phenoxy) is 1. The number of aryl methyl sites for hydroxylation is 1. The smallest absolute Gasteiger partial charge is 0.397 e. The van der Waals surface area contributed by atoms with Crippen LogP contribution in [0.2, 0.25) is 0 Å². The maximum Gasteiger partial charge on any atom is 0.397 e. The molecule has 4 aromatic rings. The molecule has 176 valence electrons. The van der Waals surface area contributed by atoms with Gasteiger partial charge in [-0.1, -0.05) is 24.0 Å². The quantitative estimate of drug-likeness (QED) is 0.417. The summed E-state index contributed by atoms with van der Waals surface area (Å²) in [6.07, 6.45) is 2.83. The summed E-state index contributed by atoms with van der Waals surface area (Å²) in [6.45, 7) is 1.68. The van der Waals surface area contributed by atoms with Crippen LogP contribution in [0.15, 0.2) is 71.9 Å². The summed E-state index contributed by atoms with van der Waals surface area (Å²) in [5.41, 5.74) is 1.81. The molecule has 0 atom stereocenters. The molecule has 0 aliphatic rings. The Hall–Kier alpha value is -4.49. The summed E-state index contributed by atoms with van der Waals surface area (Å²) in [7, 11) is -2.53. The van der Waals surface area contributed by atoms with E-state index < -0.39 is 16.0 Å². The van der Waals surface area contributed by atoms with E-state index in [4.69, 9.17) is 4.74 Å². The van der Waals surface area contributed by atoms with E-state index in [9.17, 15) is 17.7 Å². The number of benzene rings is 2. The lowest BCUT2D eigenvalue weighted by Gasteiger charge is -2.13. The first-order valence-electron chi connectivity index (χ1n) is 10.2. The number of carbonyl (C=O) groups excluding carboxylic acids is 1. The summed E-state index contributed by atoms with van der Waals surface area (Å²) in [6, 6.07) is 14.4. The predicted molar refractivity (Wildman–Crippen MR) is 127 cm³/mol. The number of hydrogen-bond donors (Lipinski definition) is 1. The zero-order valence-electron chi connectivity index (χ0n) is 18.6. The van der Waals surface area contributed by atoms with Crippen LogP contribution in [0.4, 0.5) is 10.2 Å². The average Bonchev–Trinajstić information content (AvgIpc) is 2.87. The number of hydrogen-bond acceptors (Lipinski definition) is 7. The van der Waals surface area contributed by atoms with Gasteiger partial charge in [0.25, 0.3) is 10.0 Å². The number of para-hydroxylation sites is 1. The molecule has 0 spiro atoms. The Kier molecular flexibility index (Phi) is 6.62. The molecular formula is C25H18FN3O5S. The van der Waals surface area contributed by atoms with E-state index in [1.165, 1.54) is 31.6 Å². The molecular weight excluding hydrogens is 473 g/mol. The van der Waals surface area contributed by atoms with Gasteiger partial charge in [0.1, 0.15) is 10.6 Å². The highest BCUT2D eigenvalue weighted by atomic mass is 32.2. The molecule has 0 unspecified atom stereocenters. The van der Waals surface area contributed by atoms with Crippen molar-refractivity contribution in [2.24, 2.45) is 0 Å². The molecule has 0 radical (unpaired) electrons. The normalized spacial score (nSPS) is 10.8. The minimum absolute atomic E-state index is 0.00737. The summed E-state index contributed by atoms with van der Waals surface area (Å²) in [4.78, 5) is 22.6. The molecule has 0 aliphatic carbocycles. The maximum atomic E-state index is 13.3. The minimum atomic E-state index is -4.03. The van der Waals surface area contributed by atoms with Crippen LogP contribution < -0.4 is 9.46 Å². The van der Waals surface area contributed by atoms with Crippen molar-refractivity contribution in [1.82, 2.24) is 9.97 Å². The lowest BCUT2D eigenvalue weighted by Crippen LogP contribution is -2.14. The van der Waals surface area contributed by atoms with Gasteiger partial charge in [0.05, 0.1) is 18.3 Å². The van der Waals surface area contributed by atoms with Gasteiger partial charge in [0, 0.05) is 33.4 Å². The number of aromatic nitrogens is 2. The monoisotopic (exact) mass is 491 g/mol. The summed E-state index contributed by atoms with van der Waals surface area (Å²) in [5, 5.41) is 0.564. The minimum Gasteiger partial charge on any atom is -0.496 e. The molecule has 4 rings (SSSR count). The van der Waals surface area contributed by atoms with Gasteiger partial charge in [-0.3, -0.25) is 9.71 Å². The fourth-order valence-electron chi connectivity index (χ4n) is 3.37. The Balaban J connectivity index is 1.69. The molecule has 10 heteroatoms. The Morgan fingerprint density at radius 1 is 1.03 bits per heavy atom. The zero-order chi connectivity index (χ0) is 25.0. The molecule has 8 nitrogen and oxygen atoms in total. The summed E-state index contributed by atoms with van der Waals surface area (Å²) >= 11 is 0. The van der Waals surface area contributed by atoms with Crippen LogP contribution in [0.3, 0.4) is 0 Å². The molecule has 0 aliphatic heterocycles. The molecule has 0 amide bonds. The van der Waals surface area contributed by atoms with Crippen LogP contribution >= 0.6 is 0 Å².